The van der Waals surface area contributed by atoms with Gasteiger partial charge in [0.2, 0.25) is 0 Å². The van der Waals surface area contributed by atoms with E-state index in [0.717, 1.165) is 30.3 Å². The maximum Gasteiger partial charge on any atom is 0.434 e. The number of nitrogens with two attached hydrogens (primary N) is 1. The number of rotatable bonds is 7. The van der Waals surface area contributed by atoms with E-state index in [0.29, 0.717) is 23.7 Å². The highest BCUT2D eigenvalue weighted by Gasteiger charge is 2.35. The summed E-state index contributed by atoms with van der Waals surface area (Å²) in [5, 5.41) is 10.7. The minimum atomic E-state index is -4.60. The number of nitrogens with zero attached hydrogens (tertiary/aromatic N) is 3. The topological polar surface area (TPSA) is 61.5 Å². The van der Waals surface area contributed by atoms with Gasteiger partial charge < -0.3 is 14.9 Å². The molecule has 0 spiro atoms. The highest BCUT2D eigenvalue weighted by Crippen LogP contribution is 2.34. The molecule has 1 aliphatic rings. The van der Waals surface area contributed by atoms with Crippen LogP contribution < -0.4 is 10.2 Å². The number of para-hydroxylation sites is 1. The fourth-order valence-corrected chi connectivity index (χ4v) is 5.05. The van der Waals surface area contributed by atoms with E-state index in [2.05, 4.69) is 36.3 Å². The van der Waals surface area contributed by atoms with E-state index in [1.54, 1.807) is 13.0 Å². The normalized spacial score (nSPS) is 17.4. The molecule has 1 aromatic heterocycles. The summed E-state index contributed by atoms with van der Waals surface area (Å²) in [6.07, 6.45) is 0.654. The maximum absolute atomic E-state index is 15.3. The van der Waals surface area contributed by atoms with Gasteiger partial charge in [0.05, 0.1) is 11.6 Å². The Kier molecular flexibility index (Phi) is 8.06. The first-order valence-electron chi connectivity index (χ1n) is 12.9. The molecule has 0 amide bonds. The third-order valence-corrected chi connectivity index (χ3v) is 7.15. The average molecular weight is 529 g/mol. The zero-order valence-electron chi connectivity index (χ0n) is 22.1. The summed E-state index contributed by atoms with van der Waals surface area (Å²) in [7, 11) is 1.86. The first-order chi connectivity index (χ1) is 18.0. The number of halogens is 4. The monoisotopic (exact) mass is 528 g/mol. The summed E-state index contributed by atoms with van der Waals surface area (Å²) in [5.41, 5.74) is 3.35. The van der Waals surface area contributed by atoms with E-state index < -0.39 is 17.7 Å². The molecule has 1 atom stereocenters. The standard InChI is InChI=1S/C29H33F4N5/c1-5-38-17-27(29(31,32)33)36-28(38)21-14-13-19(15-23(21)30)37(4)26-12-8-10-24(34)22(26)16-35-25-11-7-6-9-20(25)18(2)3/h6-7,9,11,13-18,26,34-35H,5,8,10,12H2,1-4H3/p+1/b22-16+,34-24?. The van der Waals surface area contributed by atoms with Gasteiger partial charge in [-0.3, -0.25) is 5.32 Å². The Morgan fingerprint density at radius 3 is 2.61 bits per heavy atom. The molecule has 5 nitrogen and oxygen atoms in total. The molecule has 9 heteroatoms. The highest BCUT2D eigenvalue weighted by atomic mass is 19.4. The lowest BCUT2D eigenvalue weighted by Gasteiger charge is -2.35. The predicted octanol–water partition coefficient (Wildman–Crippen LogP) is 6.64. The number of quaternary nitrogens is 1. The van der Waals surface area contributed by atoms with Gasteiger partial charge in [-0.25, -0.2) is 9.37 Å². The smallest absolute Gasteiger partial charge is 0.367 e. The highest BCUT2D eigenvalue weighted by molar-refractivity contribution is 6.00. The van der Waals surface area contributed by atoms with Crippen molar-refractivity contribution in [3.05, 3.63) is 77.5 Å². The van der Waals surface area contributed by atoms with Crippen LogP contribution in [0.4, 0.5) is 28.9 Å². The fraction of sp³-hybridized carbons (Fsp3) is 0.379. The molecule has 1 unspecified atom stereocenters. The molecule has 0 radical (unpaired) electrons. The first-order valence-corrected chi connectivity index (χ1v) is 12.9. The van der Waals surface area contributed by atoms with Crippen LogP contribution in [0.25, 0.3) is 11.4 Å². The number of aryl methyl sites for hydroxylation is 1. The van der Waals surface area contributed by atoms with Crippen LogP contribution in [0.5, 0.6) is 0 Å². The number of hydrogen-bond donors (Lipinski definition) is 2. The molecule has 2 aromatic carbocycles. The van der Waals surface area contributed by atoms with Gasteiger partial charge in [-0.2, -0.15) is 13.2 Å². The summed E-state index contributed by atoms with van der Waals surface area (Å²) < 4.78 is 56.3. The van der Waals surface area contributed by atoms with Gasteiger partial charge in [0.25, 0.3) is 0 Å². The van der Waals surface area contributed by atoms with Gasteiger partial charge in [0.1, 0.15) is 23.5 Å². The molecule has 3 aromatic rings. The van der Waals surface area contributed by atoms with Crippen molar-refractivity contribution in [2.24, 2.45) is 0 Å². The van der Waals surface area contributed by atoms with Gasteiger partial charge in [0, 0.05) is 42.3 Å². The molecule has 1 saturated carbocycles. The van der Waals surface area contributed by atoms with E-state index in [1.807, 2.05) is 30.3 Å². The Labute approximate surface area is 220 Å². The zero-order valence-corrected chi connectivity index (χ0v) is 22.1. The van der Waals surface area contributed by atoms with Gasteiger partial charge in [-0.05, 0) is 56.4 Å². The van der Waals surface area contributed by atoms with Crippen LogP contribution in [0.3, 0.4) is 0 Å². The molecule has 1 aliphatic carbocycles. The largest absolute Gasteiger partial charge is 0.434 e. The van der Waals surface area contributed by atoms with Crippen LogP contribution in [0.2, 0.25) is 0 Å². The van der Waals surface area contributed by atoms with Crippen molar-refractivity contribution in [1.82, 2.24) is 9.55 Å². The summed E-state index contributed by atoms with van der Waals surface area (Å²) in [6, 6.07) is 12.6. The quantitative estimate of drug-likeness (QED) is 0.267. The number of aromatic nitrogens is 2. The minimum absolute atomic E-state index is 0.0188. The van der Waals surface area contributed by atoms with E-state index in [4.69, 9.17) is 5.41 Å². The lowest BCUT2D eigenvalue weighted by molar-refractivity contribution is -0.497. The van der Waals surface area contributed by atoms with Gasteiger partial charge in [-0.15, -0.1) is 0 Å². The Bertz CT molecular complexity index is 1340. The van der Waals surface area contributed by atoms with Crippen molar-refractivity contribution >= 4 is 17.1 Å². The molecule has 0 bridgehead atoms. The Morgan fingerprint density at radius 2 is 1.95 bits per heavy atom. The average Bonchev–Trinajstić information content (AvgIpc) is 3.32. The molecular formula is C29H34F4N5+. The Hall–Kier alpha value is -3.46. The molecular weight excluding hydrogens is 494 g/mol. The van der Waals surface area contributed by atoms with E-state index >= 15 is 4.39 Å². The van der Waals surface area contributed by atoms with Crippen LogP contribution in [-0.2, 0) is 12.7 Å². The van der Waals surface area contributed by atoms with Crippen LogP contribution in [-0.4, -0.2) is 28.4 Å². The molecule has 1 fully saturated rings. The predicted molar refractivity (Wildman–Crippen MR) is 142 cm³/mol. The lowest BCUT2D eigenvalue weighted by Crippen LogP contribution is -2.72. The Balaban J connectivity index is 1.63. The van der Waals surface area contributed by atoms with E-state index in [-0.39, 0.29) is 24.0 Å². The number of imidazole rings is 1. The van der Waals surface area contributed by atoms with Crippen LogP contribution >= 0.6 is 0 Å². The summed E-state index contributed by atoms with van der Waals surface area (Å²) >= 11 is 0. The number of hydrogen-bond acceptors (Lipinski definition) is 3. The Morgan fingerprint density at radius 1 is 1.21 bits per heavy atom. The molecule has 0 aliphatic heterocycles. The molecule has 0 saturated heterocycles. The van der Waals surface area contributed by atoms with Crippen molar-refractivity contribution < 1.29 is 22.9 Å². The van der Waals surface area contributed by atoms with Gasteiger partial charge >= 0.3 is 6.18 Å². The molecule has 1 heterocycles. The maximum atomic E-state index is 15.3. The van der Waals surface area contributed by atoms with Crippen LogP contribution in [0, 0.1) is 11.2 Å². The molecule has 3 N–H and O–H groups in total. The number of nitrogens with one attached hydrogen (secondary N) is 1. The lowest BCUT2D eigenvalue weighted by atomic mass is 9.87. The van der Waals surface area contributed by atoms with Crippen LogP contribution in [0.1, 0.15) is 57.2 Å². The van der Waals surface area contributed by atoms with Crippen molar-refractivity contribution in [3.8, 4) is 11.4 Å². The third-order valence-electron chi connectivity index (χ3n) is 7.15. The summed E-state index contributed by atoms with van der Waals surface area (Å²) in [4.78, 5) is 5.63. The van der Waals surface area contributed by atoms with Gasteiger partial charge in [-0.1, -0.05) is 32.0 Å². The van der Waals surface area contributed by atoms with Crippen molar-refractivity contribution in [1.29, 1.82) is 5.41 Å². The molecule has 38 heavy (non-hydrogen) atoms. The van der Waals surface area contributed by atoms with Crippen molar-refractivity contribution in [2.75, 3.05) is 11.9 Å². The zero-order chi connectivity index (χ0) is 27.6. The first kappa shape index (κ1) is 27.6. The third kappa shape index (κ3) is 5.67. The second-order valence-electron chi connectivity index (χ2n) is 9.97. The van der Waals surface area contributed by atoms with E-state index in [1.165, 1.54) is 22.3 Å². The summed E-state index contributed by atoms with van der Waals surface area (Å²) in [5.74, 6) is -0.329. The number of likely N-dealkylation sites (N-methyl/N-ethyl adjacent to an activating group) is 1. The van der Waals surface area contributed by atoms with Crippen molar-refractivity contribution in [3.63, 3.8) is 0 Å². The second-order valence-corrected chi connectivity index (χ2v) is 9.97. The van der Waals surface area contributed by atoms with Gasteiger partial charge in [0.15, 0.2) is 5.69 Å². The number of anilines is 1. The molecule has 202 valence electrons. The van der Waals surface area contributed by atoms with Crippen LogP contribution in [0.15, 0.2) is 60.4 Å². The SMILES string of the molecule is CCn1cc(C(F)(F)F)nc1-c1ccc(N(C)C2CCCC(=N)/C2=C\[NH2+]c2ccccc2C(C)C)cc1F. The van der Waals surface area contributed by atoms with Crippen molar-refractivity contribution in [2.45, 2.75) is 64.7 Å². The van der Waals surface area contributed by atoms with E-state index in [9.17, 15) is 13.2 Å². The fourth-order valence-electron chi connectivity index (χ4n) is 5.05. The second kappa shape index (κ2) is 11.1. The number of alkyl halides is 3. The summed E-state index contributed by atoms with van der Waals surface area (Å²) in [6.45, 7) is 6.21. The molecule has 4 rings (SSSR count). The minimum Gasteiger partial charge on any atom is -0.367 e. The number of benzene rings is 2.